The highest BCUT2D eigenvalue weighted by molar-refractivity contribution is 7.13. The molecule has 1 amide bonds. The Labute approximate surface area is 155 Å². The van der Waals surface area contributed by atoms with Gasteiger partial charge in [0.15, 0.2) is 5.69 Å². The molecule has 140 valence electrons. The standard InChI is InChI=1S/C17H13F3N4O2S/c18-17(19,20)10-3-4-15(21-7-10)26-11-8-24(9-11)16(25)13-6-12(22-23-13)14-2-1-5-27-14/h1-7,11H,8-9H2,(H,22,23). The van der Waals surface area contributed by atoms with Gasteiger partial charge in [-0.2, -0.15) is 18.3 Å². The van der Waals surface area contributed by atoms with E-state index < -0.39 is 11.7 Å². The van der Waals surface area contributed by atoms with Crippen molar-refractivity contribution in [3.8, 4) is 16.5 Å². The molecule has 0 saturated carbocycles. The maximum absolute atomic E-state index is 12.5. The molecule has 0 atom stereocenters. The van der Waals surface area contributed by atoms with Gasteiger partial charge in [0.1, 0.15) is 6.10 Å². The SMILES string of the molecule is O=C(c1cc(-c2cccs2)[nH]n1)N1CC(Oc2ccc(C(F)(F)F)cn2)C1. The molecule has 27 heavy (non-hydrogen) atoms. The third kappa shape index (κ3) is 3.65. The quantitative estimate of drug-likeness (QED) is 0.736. The van der Waals surface area contributed by atoms with Crippen LogP contribution < -0.4 is 4.74 Å². The number of carbonyl (C=O) groups excluding carboxylic acids is 1. The van der Waals surface area contributed by atoms with Crippen LogP contribution in [0.4, 0.5) is 13.2 Å². The molecule has 0 aliphatic carbocycles. The van der Waals surface area contributed by atoms with Crippen LogP contribution in [-0.4, -0.2) is 45.2 Å². The van der Waals surface area contributed by atoms with E-state index in [1.165, 1.54) is 17.4 Å². The average molecular weight is 394 g/mol. The van der Waals surface area contributed by atoms with Crippen LogP contribution in [-0.2, 0) is 6.18 Å². The Kier molecular flexibility index (Phi) is 4.34. The van der Waals surface area contributed by atoms with Crippen molar-refractivity contribution in [1.82, 2.24) is 20.1 Å². The van der Waals surface area contributed by atoms with Crippen molar-refractivity contribution in [3.63, 3.8) is 0 Å². The van der Waals surface area contributed by atoms with E-state index in [0.717, 1.165) is 22.8 Å². The highest BCUT2D eigenvalue weighted by atomic mass is 32.1. The van der Waals surface area contributed by atoms with Crippen molar-refractivity contribution in [3.05, 3.63) is 53.2 Å². The molecule has 0 aromatic carbocycles. The Balaban J connectivity index is 1.32. The van der Waals surface area contributed by atoms with Gasteiger partial charge in [0.2, 0.25) is 5.88 Å². The van der Waals surface area contributed by atoms with Crippen molar-refractivity contribution in [2.24, 2.45) is 0 Å². The Hall–Kier alpha value is -2.88. The fourth-order valence-corrected chi connectivity index (χ4v) is 3.31. The fourth-order valence-electron chi connectivity index (χ4n) is 2.62. The number of nitrogens with one attached hydrogen (secondary N) is 1. The van der Waals surface area contributed by atoms with E-state index in [9.17, 15) is 18.0 Å². The summed E-state index contributed by atoms with van der Waals surface area (Å²) < 4.78 is 43.1. The molecule has 1 saturated heterocycles. The number of carbonyl (C=O) groups is 1. The van der Waals surface area contributed by atoms with E-state index in [1.54, 1.807) is 11.0 Å². The van der Waals surface area contributed by atoms with E-state index in [-0.39, 0.29) is 17.9 Å². The number of alkyl halides is 3. The lowest BCUT2D eigenvalue weighted by Gasteiger charge is -2.38. The Morgan fingerprint density at radius 1 is 1.30 bits per heavy atom. The second-order valence-electron chi connectivity index (χ2n) is 5.98. The molecule has 10 heteroatoms. The zero-order valence-corrected chi connectivity index (χ0v) is 14.5. The molecule has 1 fully saturated rings. The van der Waals surface area contributed by atoms with Crippen molar-refractivity contribution >= 4 is 17.2 Å². The fraction of sp³-hybridized carbons (Fsp3) is 0.235. The van der Waals surface area contributed by atoms with E-state index in [0.29, 0.717) is 18.8 Å². The number of amides is 1. The predicted molar refractivity (Wildman–Crippen MR) is 91.5 cm³/mol. The van der Waals surface area contributed by atoms with E-state index >= 15 is 0 Å². The van der Waals surface area contributed by atoms with Crippen LogP contribution in [0.3, 0.4) is 0 Å². The number of aromatic amines is 1. The number of rotatable bonds is 4. The molecule has 0 unspecified atom stereocenters. The van der Waals surface area contributed by atoms with Crippen LogP contribution >= 0.6 is 11.3 Å². The van der Waals surface area contributed by atoms with Crippen molar-refractivity contribution in [1.29, 1.82) is 0 Å². The number of halogens is 3. The molecule has 4 rings (SSSR count). The van der Waals surface area contributed by atoms with Gasteiger partial charge in [0, 0.05) is 12.3 Å². The molecule has 6 nitrogen and oxygen atoms in total. The van der Waals surface area contributed by atoms with Crippen LogP contribution in [0.15, 0.2) is 41.9 Å². The van der Waals surface area contributed by atoms with Crippen molar-refractivity contribution in [2.45, 2.75) is 12.3 Å². The van der Waals surface area contributed by atoms with E-state index in [4.69, 9.17) is 4.74 Å². The van der Waals surface area contributed by atoms with E-state index in [2.05, 4.69) is 15.2 Å². The normalized spacial score (nSPS) is 14.9. The number of pyridine rings is 1. The van der Waals surface area contributed by atoms with Gasteiger partial charge in [-0.05, 0) is 23.6 Å². The van der Waals surface area contributed by atoms with Gasteiger partial charge in [-0.1, -0.05) is 6.07 Å². The third-order valence-corrected chi connectivity index (χ3v) is 4.97. The Bertz CT molecular complexity index is 932. The molecule has 4 heterocycles. The molecule has 1 aliphatic heterocycles. The van der Waals surface area contributed by atoms with Crippen molar-refractivity contribution < 1.29 is 22.7 Å². The third-order valence-electron chi connectivity index (χ3n) is 4.07. The minimum Gasteiger partial charge on any atom is -0.471 e. The first-order valence-corrected chi connectivity index (χ1v) is 8.86. The Morgan fingerprint density at radius 2 is 2.11 bits per heavy atom. The van der Waals surface area contributed by atoms with Gasteiger partial charge < -0.3 is 9.64 Å². The molecule has 3 aromatic rings. The molecule has 1 aliphatic rings. The van der Waals surface area contributed by atoms with Crippen LogP contribution in [0, 0.1) is 0 Å². The van der Waals surface area contributed by atoms with Gasteiger partial charge >= 0.3 is 6.18 Å². The minimum atomic E-state index is -4.43. The maximum atomic E-state index is 12.5. The maximum Gasteiger partial charge on any atom is 0.417 e. The molecular formula is C17H13F3N4O2S. The molecule has 0 spiro atoms. The lowest BCUT2D eigenvalue weighted by atomic mass is 10.1. The summed E-state index contributed by atoms with van der Waals surface area (Å²) in [5.41, 5.74) is 0.250. The van der Waals surface area contributed by atoms with Crippen LogP contribution in [0.1, 0.15) is 16.1 Å². The summed E-state index contributed by atoms with van der Waals surface area (Å²) in [6.45, 7) is 0.644. The summed E-state index contributed by atoms with van der Waals surface area (Å²) in [6, 6.07) is 7.62. The summed E-state index contributed by atoms with van der Waals surface area (Å²) in [7, 11) is 0. The van der Waals surface area contributed by atoms with Gasteiger partial charge in [0.05, 0.1) is 29.2 Å². The van der Waals surface area contributed by atoms with Crippen LogP contribution in [0.5, 0.6) is 5.88 Å². The van der Waals surface area contributed by atoms with Gasteiger partial charge in [-0.3, -0.25) is 9.89 Å². The van der Waals surface area contributed by atoms with Crippen LogP contribution in [0.25, 0.3) is 10.6 Å². The summed E-state index contributed by atoms with van der Waals surface area (Å²) in [6.07, 6.45) is -4.02. The van der Waals surface area contributed by atoms with Gasteiger partial charge in [-0.25, -0.2) is 4.98 Å². The lowest BCUT2D eigenvalue weighted by molar-refractivity contribution is -0.137. The second-order valence-corrected chi connectivity index (χ2v) is 6.92. The van der Waals surface area contributed by atoms with Crippen molar-refractivity contribution in [2.75, 3.05) is 13.1 Å². The predicted octanol–water partition coefficient (Wildman–Crippen LogP) is 3.46. The molecule has 0 bridgehead atoms. The monoisotopic (exact) mass is 394 g/mol. The number of hydrogen-bond acceptors (Lipinski definition) is 5. The van der Waals surface area contributed by atoms with Crippen LogP contribution in [0.2, 0.25) is 0 Å². The summed E-state index contributed by atoms with van der Waals surface area (Å²) >= 11 is 1.54. The zero-order valence-electron chi connectivity index (χ0n) is 13.7. The van der Waals surface area contributed by atoms with E-state index in [1.807, 2.05) is 17.5 Å². The second kappa shape index (κ2) is 6.69. The summed E-state index contributed by atoms with van der Waals surface area (Å²) in [4.78, 5) is 18.6. The van der Waals surface area contributed by atoms with Gasteiger partial charge in [-0.15, -0.1) is 11.3 Å². The van der Waals surface area contributed by atoms with Gasteiger partial charge in [0.25, 0.3) is 5.91 Å². The molecule has 1 N–H and O–H groups in total. The first-order chi connectivity index (χ1) is 12.9. The summed E-state index contributed by atoms with van der Waals surface area (Å²) in [5.74, 6) is -0.130. The number of nitrogens with zero attached hydrogens (tertiary/aromatic N) is 3. The molecule has 0 radical (unpaired) electrons. The number of aromatic nitrogens is 3. The number of likely N-dealkylation sites (tertiary alicyclic amines) is 1. The average Bonchev–Trinajstić information content (AvgIpc) is 3.27. The topological polar surface area (TPSA) is 71.1 Å². The number of H-pyrrole nitrogens is 1. The highest BCUT2D eigenvalue weighted by Crippen LogP contribution is 2.29. The number of ether oxygens (including phenoxy) is 1. The minimum absolute atomic E-state index is 0.0971. The Morgan fingerprint density at radius 3 is 2.74 bits per heavy atom. The smallest absolute Gasteiger partial charge is 0.417 e. The lowest BCUT2D eigenvalue weighted by Crippen LogP contribution is -2.56. The zero-order chi connectivity index (χ0) is 19.0. The largest absolute Gasteiger partial charge is 0.471 e. The highest BCUT2D eigenvalue weighted by Gasteiger charge is 2.35. The number of hydrogen-bond donors (Lipinski definition) is 1. The molecule has 3 aromatic heterocycles. The first-order valence-electron chi connectivity index (χ1n) is 7.98. The number of thiophene rings is 1. The molecular weight excluding hydrogens is 381 g/mol. The first kappa shape index (κ1) is 17.5. The summed E-state index contributed by atoms with van der Waals surface area (Å²) in [5, 5.41) is 8.82.